The average Bonchev–Trinajstić information content (AvgIpc) is 2.39. The van der Waals surface area contributed by atoms with Crippen LogP contribution >= 0.6 is 0 Å². The molecule has 96 valence electrons. The quantitative estimate of drug-likeness (QED) is 0.827. The normalized spacial score (nSPS) is 11.6. The molecule has 0 spiro atoms. The van der Waals surface area contributed by atoms with E-state index in [1.807, 2.05) is 18.2 Å². The van der Waals surface area contributed by atoms with Gasteiger partial charge in [0, 0.05) is 24.3 Å². The van der Waals surface area contributed by atoms with Crippen LogP contribution < -0.4 is 10.0 Å². The fourth-order valence-corrected chi connectivity index (χ4v) is 2.11. The molecule has 0 saturated heterocycles. The van der Waals surface area contributed by atoms with E-state index in [4.69, 9.17) is 0 Å². The van der Waals surface area contributed by atoms with Crippen LogP contribution in [0.15, 0.2) is 30.6 Å². The van der Waals surface area contributed by atoms with Gasteiger partial charge in [-0.15, -0.1) is 0 Å². The summed E-state index contributed by atoms with van der Waals surface area (Å²) in [5, 5.41) is 3.95. The van der Waals surface area contributed by atoms with Crippen molar-refractivity contribution in [2.45, 2.75) is 0 Å². The molecule has 0 aliphatic heterocycles. The summed E-state index contributed by atoms with van der Waals surface area (Å²) in [5.41, 5.74) is 0.738. The standard InChI is InChI=1S/C11H14N4O2S/c1-12-18(16,17)8-7-15-11-10-9(4-6-14-11)3-2-5-13-10/h2-6,12H,7-8H2,1H3,(H,14,15). The molecule has 0 amide bonds. The van der Waals surface area contributed by atoms with Gasteiger partial charge in [-0.2, -0.15) is 0 Å². The highest BCUT2D eigenvalue weighted by Gasteiger charge is 2.07. The Hall–Kier alpha value is -1.73. The van der Waals surface area contributed by atoms with Gasteiger partial charge < -0.3 is 5.32 Å². The van der Waals surface area contributed by atoms with Crippen molar-refractivity contribution in [3.05, 3.63) is 30.6 Å². The van der Waals surface area contributed by atoms with Crippen molar-refractivity contribution in [1.82, 2.24) is 14.7 Å². The first kappa shape index (κ1) is 12.7. The molecule has 0 aliphatic carbocycles. The lowest BCUT2D eigenvalue weighted by Crippen LogP contribution is -2.26. The lowest BCUT2D eigenvalue weighted by atomic mass is 10.2. The number of fused-ring (bicyclic) bond motifs is 1. The van der Waals surface area contributed by atoms with Crippen molar-refractivity contribution in [3.63, 3.8) is 0 Å². The van der Waals surface area contributed by atoms with Crippen LogP contribution in [0.4, 0.5) is 5.82 Å². The molecule has 18 heavy (non-hydrogen) atoms. The molecule has 2 N–H and O–H groups in total. The van der Waals surface area contributed by atoms with Crippen LogP contribution in [0.1, 0.15) is 0 Å². The number of sulfonamides is 1. The molecule has 0 aromatic carbocycles. The van der Waals surface area contributed by atoms with E-state index in [9.17, 15) is 8.42 Å². The molecule has 0 fully saturated rings. The first-order valence-corrected chi connectivity index (χ1v) is 7.12. The molecule has 6 nitrogen and oxygen atoms in total. The Bertz CT molecular complexity index is 637. The number of anilines is 1. The average molecular weight is 266 g/mol. The van der Waals surface area contributed by atoms with Crippen molar-refractivity contribution in [1.29, 1.82) is 0 Å². The monoisotopic (exact) mass is 266 g/mol. The SMILES string of the molecule is CNS(=O)(=O)CCNc1nccc2cccnc12. The molecule has 0 atom stereocenters. The Kier molecular flexibility index (Phi) is 3.73. The number of aromatic nitrogens is 2. The van der Waals surface area contributed by atoms with Crippen molar-refractivity contribution < 1.29 is 8.42 Å². The highest BCUT2D eigenvalue weighted by atomic mass is 32.2. The van der Waals surface area contributed by atoms with Gasteiger partial charge in [-0.05, 0) is 19.2 Å². The zero-order valence-electron chi connectivity index (χ0n) is 9.92. The van der Waals surface area contributed by atoms with E-state index in [0.717, 1.165) is 10.9 Å². The third-order valence-corrected chi connectivity index (χ3v) is 3.86. The summed E-state index contributed by atoms with van der Waals surface area (Å²) in [7, 11) is -1.81. The predicted octanol–water partition coefficient (Wildman–Crippen LogP) is 0.591. The van der Waals surface area contributed by atoms with E-state index in [2.05, 4.69) is 20.0 Å². The van der Waals surface area contributed by atoms with E-state index < -0.39 is 10.0 Å². The first-order chi connectivity index (χ1) is 8.62. The highest BCUT2D eigenvalue weighted by Crippen LogP contribution is 2.17. The van der Waals surface area contributed by atoms with Gasteiger partial charge in [0.1, 0.15) is 5.52 Å². The van der Waals surface area contributed by atoms with Gasteiger partial charge in [0.2, 0.25) is 10.0 Å². The summed E-state index contributed by atoms with van der Waals surface area (Å²) < 4.78 is 24.8. The maximum atomic E-state index is 11.3. The first-order valence-electron chi connectivity index (χ1n) is 5.47. The van der Waals surface area contributed by atoms with Crippen LogP contribution in [0.25, 0.3) is 10.9 Å². The Balaban J connectivity index is 2.13. The number of pyridine rings is 2. The van der Waals surface area contributed by atoms with Crippen molar-refractivity contribution in [2.24, 2.45) is 0 Å². The highest BCUT2D eigenvalue weighted by molar-refractivity contribution is 7.89. The molecule has 7 heteroatoms. The van der Waals surface area contributed by atoms with Crippen LogP contribution in [-0.4, -0.2) is 37.7 Å². The zero-order chi connectivity index (χ0) is 13.0. The summed E-state index contributed by atoms with van der Waals surface area (Å²) >= 11 is 0. The predicted molar refractivity (Wildman–Crippen MR) is 70.9 cm³/mol. The summed E-state index contributed by atoms with van der Waals surface area (Å²) in [5.74, 6) is 0.591. The third-order valence-electron chi connectivity index (χ3n) is 2.50. The fraction of sp³-hybridized carbons (Fsp3) is 0.273. The van der Waals surface area contributed by atoms with Crippen molar-refractivity contribution in [2.75, 3.05) is 24.7 Å². The van der Waals surface area contributed by atoms with Crippen LogP contribution in [0.3, 0.4) is 0 Å². The molecular weight excluding hydrogens is 252 g/mol. The fourth-order valence-electron chi connectivity index (χ4n) is 1.54. The molecule has 2 aromatic heterocycles. The van der Waals surface area contributed by atoms with E-state index >= 15 is 0 Å². The molecule has 0 bridgehead atoms. The third kappa shape index (κ3) is 2.93. The smallest absolute Gasteiger partial charge is 0.213 e. The van der Waals surface area contributed by atoms with Crippen LogP contribution in [0, 0.1) is 0 Å². The number of hydrogen-bond acceptors (Lipinski definition) is 5. The number of nitrogens with zero attached hydrogens (tertiary/aromatic N) is 2. The van der Waals surface area contributed by atoms with Crippen LogP contribution in [-0.2, 0) is 10.0 Å². The second-order valence-corrected chi connectivity index (χ2v) is 5.73. The summed E-state index contributed by atoms with van der Waals surface area (Å²) in [6.07, 6.45) is 3.35. The maximum Gasteiger partial charge on any atom is 0.213 e. The minimum Gasteiger partial charge on any atom is -0.367 e. The van der Waals surface area contributed by atoms with Crippen molar-refractivity contribution in [3.8, 4) is 0 Å². The minimum absolute atomic E-state index is 0.00555. The Morgan fingerprint density at radius 1 is 1.22 bits per heavy atom. The van der Waals surface area contributed by atoms with Gasteiger partial charge in [0.05, 0.1) is 5.75 Å². The number of nitrogens with one attached hydrogen (secondary N) is 2. The Morgan fingerprint density at radius 2 is 2.06 bits per heavy atom. The lowest BCUT2D eigenvalue weighted by molar-refractivity contribution is 0.588. The molecule has 0 saturated carbocycles. The maximum absolute atomic E-state index is 11.3. The molecular formula is C11H14N4O2S. The topological polar surface area (TPSA) is 84.0 Å². The molecule has 2 aromatic rings. The van der Waals surface area contributed by atoms with E-state index in [1.165, 1.54) is 7.05 Å². The van der Waals surface area contributed by atoms with Gasteiger partial charge in [-0.25, -0.2) is 18.1 Å². The van der Waals surface area contributed by atoms with Gasteiger partial charge in [0.15, 0.2) is 5.82 Å². The summed E-state index contributed by atoms with van der Waals surface area (Å²) in [6.45, 7) is 0.284. The Morgan fingerprint density at radius 3 is 2.83 bits per heavy atom. The molecule has 0 radical (unpaired) electrons. The Labute approximate surface area is 106 Å². The summed E-state index contributed by atoms with van der Waals surface area (Å²) in [6, 6.07) is 5.63. The van der Waals surface area contributed by atoms with E-state index in [1.54, 1.807) is 12.4 Å². The number of rotatable bonds is 5. The van der Waals surface area contributed by atoms with Gasteiger partial charge in [-0.3, -0.25) is 4.98 Å². The van der Waals surface area contributed by atoms with E-state index in [-0.39, 0.29) is 12.3 Å². The van der Waals surface area contributed by atoms with Gasteiger partial charge in [-0.1, -0.05) is 6.07 Å². The molecule has 2 heterocycles. The van der Waals surface area contributed by atoms with Crippen molar-refractivity contribution >= 4 is 26.7 Å². The summed E-state index contributed by atoms with van der Waals surface area (Å²) in [4.78, 5) is 8.39. The zero-order valence-corrected chi connectivity index (χ0v) is 10.7. The lowest BCUT2D eigenvalue weighted by Gasteiger charge is -2.07. The second kappa shape index (κ2) is 5.28. The molecule has 2 rings (SSSR count). The van der Waals surface area contributed by atoms with Gasteiger partial charge in [0.25, 0.3) is 0 Å². The minimum atomic E-state index is -3.20. The largest absolute Gasteiger partial charge is 0.367 e. The van der Waals surface area contributed by atoms with Gasteiger partial charge >= 0.3 is 0 Å². The molecule has 0 unspecified atom stereocenters. The molecule has 0 aliphatic rings. The van der Waals surface area contributed by atoms with Crippen LogP contribution in [0.5, 0.6) is 0 Å². The second-order valence-electron chi connectivity index (χ2n) is 3.68. The van der Waals surface area contributed by atoms with E-state index in [0.29, 0.717) is 5.82 Å². The number of hydrogen-bond donors (Lipinski definition) is 2. The van der Waals surface area contributed by atoms with Crippen LogP contribution in [0.2, 0.25) is 0 Å².